The molecule has 1 saturated heterocycles. The largest absolute Gasteiger partial charge is 0.495 e. The van der Waals surface area contributed by atoms with Crippen LogP contribution in [0, 0.1) is 0 Å². The van der Waals surface area contributed by atoms with Crippen molar-refractivity contribution in [1.29, 1.82) is 0 Å². The molecule has 114 valence electrons. The van der Waals surface area contributed by atoms with E-state index >= 15 is 0 Å². The summed E-state index contributed by atoms with van der Waals surface area (Å²) in [5.41, 5.74) is 0.712. The Hall–Kier alpha value is -1.31. The van der Waals surface area contributed by atoms with E-state index < -0.39 is 0 Å². The first-order valence-electron chi connectivity index (χ1n) is 6.95. The van der Waals surface area contributed by atoms with E-state index in [0.717, 1.165) is 60.8 Å². The Kier molecular flexibility index (Phi) is 4.62. The van der Waals surface area contributed by atoms with Crippen LogP contribution in [-0.4, -0.2) is 56.6 Å². The van der Waals surface area contributed by atoms with E-state index in [2.05, 4.69) is 31.3 Å². The van der Waals surface area contributed by atoms with Gasteiger partial charge in [0.15, 0.2) is 11.4 Å². The highest BCUT2D eigenvalue weighted by Crippen LogP contribution is 2.33. The maximum Gasteiger partial charge on any atom is 0.177 e. The van der Waals surface area contributed by atoms with Gasteiger partial charge >= 0.3 is 0 Å². The third-order valence-corrected chi connectivity index (χ3v) is 4.19. The van der Waals surface area contributed by atoms with Gasteiger partial charge in [-0.15, -0.1) is 0 Å². The van der Waals surface area contributed by atoms with Gasteiger partial charge in [0.25, 0.3) is 0 Å². The Morgan fingerprint density at radius 1 is 1.38 bits per heavy atom. The topological polar surface area (TPSA) is 59.8 Å². The molecule has 1 fully saturated rings. The van der Waals surface area contributed by atoms with Crippen molar-refractivity contribution in [3.05, 3.63) is 16.6 Å². The lowest BCUT2D eigenvalue weighted by atomic mass is 10.2. The zero-order valence-electron chi connectivity index (χ0n) is 11.9. The molecule has 2 heterocycles. The van der Waals surface area contributed by atoms with Crippen molar-refractivity contribution in [2.45, 2.75) is 0 Å². The molecular weight excluding hydrogens is 338 g/mol. The van der Waals surface area contributed by atoms with Crippen LogP contribution in [0.5, 0.6) is 5.75 Å². The molecule has 6 nitrogen and oxygen atoms in total. The van der Waals surface area contributed by atoms with Crippen LogP contribution in [0.2, 0.25) is 0 Å². The van der Waals surface area contributed by atoms with Gasteiger partial charge in [0.2, 0.25) is 0 Å². The fourth-order valence-corrected chi connectivity index (χ4v) is 2.89. The summed E-state index contributed by atoms with van der Waals surface area (Å²) in [6, 6.07) is 3.79. The zero-order chi connectivity index (χ0) is 14.7. The molecule has 0 atom stereocenters. The molecular formula is C14H18BrN3O3. The standard InChI is InChI=1S/C14H18BrN3O3/c1-19-13-9-12-10(8-11(13)15)14(17-21-12)16-2-3-18-4-6-20-7-5-18/h8-9H,2-7H2,1H3,(H,16,17). The number of benzene rings is 1. The molecule has 1 aliphatic rings. The molecule has 2 aromatic rings. The van der Waals surface area contributed by atoms with Gasteiger partial charge in [-0.25, -0.2) is 0 Å². The van der Waals surface area contributed by atoms with Gasteiger partial charge in [-0.05, 0) is 22.0 Å². The van der Waals surface area contributed by atoms with Crippen LogP contribution in [-0.2, 0) is 4.74 Å². The summed E-state index contributed by atoms with van der Waals surface area (Å²) in [5, 5.41) is 8.37. The highest BCUT2D eigenvalue weighted by Gasteiger charge is 2.13. The van der Waals surface area contributed by atoms with Gasteiger partial charge in [0.05, 0.1) is 30.2 Å². The number of anilines is 1. The number of rotatable bonds is 5. The second kappa shape index (κ2) is 6.64. The minimum atomic E-state index is 0.712. The molecule has 7 heteroatoms. The number of nitrogens with zero attached hydrogens (tertiary/aromatic N) is 2. The predicted octanol–water partition coefficient (Wildman–Crippen LogP) is 2.34. The summed E-state index contributed by atoms with van der Waals surface area (Å²) in [5.74, 6) is 1.50. The summed E-state index contributed by atoms with van der Waals surface area (Å²) in [4.78, 5) is 2.37. The van der Waals surface area contributed by atoms with E-state index in [1.54, 1.807) is 7.11 Å². The number of morpholine rings is 1. The Labute approximate surface area is 131 Å². The van der Waals surface area contributed by atoms with Crippen molar-refractivity contribution >= 4 is 32.7 Å². The van der Waals surface area contributed by atoms with Crippen LogP contribution in [0.15, 0.2) is 21.1 Å². The molecule has 0 saturated carbocycles. The van der Waals surface area contributed by atoms with E-state index in [1.807, 2.05) is 12.1 Å². The van der Waals surface area contributed by atoms with Gasteiger partial charge < -0.3 is 19.3 Å². The van der Waals surface area contributed by atoms with Crippen molar-refractivity contribution < 1.29 is 14.0 Å². The fourth-order valence-electron chi connectivity index (χ4n) is 2.38. The normalized spacial score (nSPS) is 16.3. The van der Waals surface area contributed by atoms with E-state index in [-0.39, 0.29) is 0 Å². The molecule has 0 spiro atoms. The van der Waals surface area contributed by atoms with Gasteiger partial charge in [-0.3, -0.25) is 4.90 Å². The Morgan fingerprint density at radius 3 is 2.95 bits per heavy atom. The molecule has 0 bridgehead atoms. The van der Waals surface area contributed by atoms with Gasteiger partial charge in [-0.2, -0.15) is 0 Å². The first-order valence-corrected chi connectivity index (χ1v) is 7.74. The van der Waals surface area contributed by atoms with E-state index in [4.69, 9.17) is 14.0 Å². The maximum absolute atomic E-state index is 5.34. The van der Waals surface area contributed by atoms with Crippen LogP contribution in [0.1, 0.15) is 0 Å². The first kappa shape index (κ1) is 14.6. The van der Waals surface area contributed by atoms with E-state index in [9.17, 15) is 0 Å². The number of ether oxygens (including phenoxy) is 2. The molecule has 1 N–H and O–H groups in total. The SMILES string of the molecule is COc1cc2onc(NCCN3CCOCC3)c2cc1Br. The second-order valence-corrected chi connectivity index (χ2v) is 5.75. The number of halogens is 1. The number of nitrogens with one attached hydrogen (secondary N) is 1. The van der Waals surface area contributed by atoms with Crippen molar-refractivity contribution in [3.8, 4) is 5.75 Å². The van der Waals surface area contributed by atoms with E-state index in [1.165, 1.54) is 0 Å². The second-order valence-electron chi connectivity index (χ2n) is 4.89. The minimum Gasteiger partial charge on any atom is -0.495 e. The summed E-state index contributed by atoms with van der Waals surface area (Å²) in [6.45, 7) is 5.41. The molecule has 1 aromatic carbocycles. The fraction of sp³-hybridized carbons (Fsp3) is 0.500. The maximum atomic E-state index is 5.34. The molecule has 1 aromatic heterocycles. The monoisotopic (exact) mass is 355 g/mol. The van der Waals surface area contributed by atoms with Crippen molar-refractivity contribution in [1.82, 2.24) is 10.1 Å². The highest BCUT2D eigenvalue weighted by atomic mass is 79.9. The van der Waals surface area contributed by atoms with Gasteiger partial charge in [-0.1, -0.05) is 5.16 Å². The smallest absolute Gasteiger partial charge is 0.177 e. The summed E-state index contributed by atoms with van der Waals surface area (Å²) in [6.07, 6.45) is 0. The van der Waals surface area contributed by atoms with E-state index in [0.29, 0.717) is 5.58 Å². The van der Waals surface area contributed by atoms with Gasteiger partial charge in [0.1, 0.15) is 5.75 Å². The molecule has 0 unspecified atom stereocenters. The average molecular weight is 356 g/mol. The zero-order valence-corrected chi connectivity index (χ0v) is 13.5. The highest BCUT2D eigenvalue weighted by molar-refractivity contribution is 9.10. The lowest BCUT2D eigenvalue weighted by molar-refractivity contribution is 0.0398. The van der Waals surface area contributed by atoms with Crippen molar-refractivity contribution in [2.75, 3.05) is 51.8 Å². The summed E-state index contributed by atoms with van der Waals surface area (Å²) >= 11 is 3.48. The average Bonchev–Trinajstić information content (AvgIpc) is 2.90. The van der Waals surface area contributed by atoms with Crippen LogP contribution >= 0.6 is 15.9 Å². The van der Waals surface area contributed by atoms with Crippen molar-refractivity contribution in [2.24, 2.45) is 0 Å². The lowest BCUT2D eigenvalue weighted by Gasteiger charge is -2.26. The Morgan fingerprint density at radius 2 is 2.19 bits per heavy atom. The lowest BCUT2D eigenvalue weighted by Crippen LogP contribution is -2.39. The number of hydrogen-bond acceptors (Lipinski definition) is 6. The molecule has 21 heavy (non-hydrogen) atoms. The van der Waals surface area contributed by atoms with Crippen LogP contribution < -0.4 is 10.1 Å². The van der Waals surface area contributed by atoms with Crippen molar-refractivity contribution in [3.63, 3.8) is 0 Å². The molecule has 0 radical (unpaired) electrons. The predicted molar refractivity (Wildman–Crippen MR) is 84.0 cm³/mol. The van der Waals surface area contributed by atoms with Crippen LogP contribution in [0.4, 0.5) is 5.82 Å². The minimum absolute atomic E-state index is 0.712. The summed E-state index contributed by atoms with van der Waals surface area (Å²) < 4.78 is 16.8. The number of fused-ring (bicyclic) bond motifs is 1. The van der Waals surface area contributed by atoms with Crippen LogP contribution in [0.25, 0.3) is 11.0 Å². The molecule has 3 rings (SSSR count). The number of aromatic nitrogens is 1. The molecule has 0 aliphatic carbocycles. The quantitative estimate of drug-likeness (QED) is 0.888. The number of hydrogen-bond donors (Lipinski definition) is 1. The number of methoxy groups -OCH3 is 1. The summed E-state index contributed by atoms with van der Waals surface area (Å²) in [7, 11) is 1.63. The molecule has 1 aliphatic heterocycles. The Balaban J connectivity index is 1.65. The third-order valence-electron chi connectivity index (χ3n) is 3.57. The third kappa shape index (κ3) is 3.30. The van der Waals surface area contributed by atoms with Gasteiger partial charge in [0, 0.05) is 32.2 Å². The van der Waals surface area contributed by atoms with Crippen LogP contribution in [0.3, 0.4) is 0 Å². The molecule has 0 amide bonds. The first-order chi connectivity index (χ1) is 10.3. The Bertz CT molecular complexity index is 611.